The van der Waals surface area contributed by atoms with Crippen molar-refractivity contribution in [2.45, 2.75) is 6.54 Å². The Labute approximate surface area is 138 Å². The summed E-state index contributed by atoms with van der Waals surface area (Å²) < 4.78 is 42.0. The molecule has 0 atom stereocenters. The Hall–Kier alpha value is -2.85. The molecule has 1 heterocycles. The van der Waals surface area contributed by atoms with Crippen LogP contribution in [-0.4, -0.2) is 10.5 Å². The third-order valence-electron chi connectivity index (χ3n) is 3.23. The maximum Gasteiger partial charge on any atom is 0.279 e. The smallest absolute Gasteiger partial charge is 0.279 e. The van der Waals surface area contributed by atoms with E-state index in [4.69, 9.17) is 6.42 Å². The molecule has 7 heteroatoms. The summed E-state index contributed by atoms with van der Waals surface area (Å²) in [6, 6.07) is 6.75. The van der Waals surface area contributed by atoms with Crippen LogP contribution < -0.4 is 4.80 Å². The van der Waals surface area contributed by atoms with Crippen LogP contribution >= 0.6 is 11.3 Å². The fourth-order valence-electron chi connectivity index (χ4n) is 2.20. The minimum absolute atomic E-state index is 0.0297. The molecule has 0 N–H and O–H groups in total. The molecule has 0 fully saturated rings. The minimum Gasteiger partial charge on any atom is -0.302 e. The number of thiazole rings is 1. The maximum atomic E-state index is 14.1. The lowest BCUT2D eigenvalue weighted by atomic mass is 10.2. The monoisotopic (exact) mass is 346 g/mol. The predicted molar refractivity (Wildman–Crippen MR) is 84.9 cm³/mol. The first-order valence-corrected chi connectivity index (χ1v) is 7.57. The van der Waals surface area contributed by atoms with Crippen molar-refractivity contribution in [3.8, 4) is 12.3 Å². The zero-order valence-electron chi connectivity index (χ0n) is 12.1. The number of carbonyl (C=O) groups excluding carboxylic acids is 1. The summed E-state index contributed by atoms with van der Waals surface area (Å²) in [6.07, 6.45) is 5.29. The van der Waals surface area contributed by atoms with E-state index in [1.807, 2.05) is 0 Å². The number of amides is 1. The van der Waals surface area contributed by atoms with Crippen LogP contribution in [0.5, 0.6) is 0 Å². The number of hydrogen-bond donors (Lipinski definition) is 0. The van der Waals surface area contributed by atoms with Crippen LogP contribution in [-0.2, 0) is 6.54 Å². The van der Waals surface area contributed by atoms with Crippen molar-refractivity contribution in [2.24, 2.45) is 4.99 Å². The average molecular weight is 346 g/mol. The lowest BCUT2D eigenvalue weighted by Crippen LogP contribution is -2.17. The molecule has 2 aromatic carbocycles. The van der Waals surface area contributed by atoms with Gasteiger partial charge in [0.1, 0.15) is 11.6 Å². The van der Waals surface area contributed by atoms with E-state index in [1.54, 1.807) is 0 Å². The summed E-state index contributed by atoms with van der Waals surface area (Å²) in [4.78, 5) is 16.3. The number of benzene rings is 2. The Morgan fingerprint density at radius 3 is 2.54 bits per heavy atom. The first-order chi connectivity index (χ1) is 11.5. The molecule has 1 amide bonds. The van der Waals surface area contributed by atoms with Gasteiger partial charge in [0.05, 0.1) is 16.8 Å². The van der Waals surface area contributed by atoms with Crippen molar-refractivity contribution in [3.05, 3.63) is 64.2 Å². The molecule has 0 bridgehead atoms. The Kier molecular flexibility index (Phi) is 4.23. The number of halogens is 3. The van der Waals surface area contributed by atoms with Gasteiger partial charge in [-0.15, -0.1) is 6.42 Å². The van der Waals surface area contributed by atoms with E-state index >= 15 is 0 Å². The van der Waals surface area contributed by atoms with Gasteiger partial charge in [0.15, 0.2) is 10.6 Å². The van der Waals surface area contributed by atoms with E-state index in [0.29, 0.717) is 0 Å². The zero-order valence-corrected chi connectivity index (χ0v) is 12.9. The fraction of sp³-hybridized carbons (Fsp3) is 0.0588. The van der Waals surface area contributed by atoms with Crippen molar-refractivity contribution < 1.29 is 18.0 Å². The minimum atomic E-state index is -0.785. The van der Waals surface area contributed by atoms with Gasteiger partial charge in [0.25, 0.3) is 5.91 Å². The van der Waals surface area contributed by atoms with Gasteiger partial charge in [-0.3, -0.25) is 4.79 Å². The molecule has 0 unspecified atom stereocenters. The van der Waals surface area contributed by atoms with Gasteiger partial charge in [-0.1, -0.05) is 17.3 Å². The Morgan fingerprint density at radius 2 is 1.88 bits per heavy atom. The second-order valence-electron chi connectivity index (χ2n) is 4.83. The highest BCUT2D eigenvalue weighted by molar-refractivity contribution is 7.16. The van der Waals surface area contributed by atoms with Crippen LogP contribution in [0.1, 0.15) is 10.4 Å². The van der Waals surface area contributed by atoms with Gasteiger partial charge in [0.2, 0.25) is 0 Å². The molecule has 1 aromatic heterocycles. The first-order valence-electron chi connectivity index (χ1n) is 6.76. The molecule has 0 aliphatic carbocycles. The van der Waals surface area contributed by atoms with Gasteiger partial charge in [-0.25, -0.2) is 13.2 Å². The number of carbonyl (C=O) groups is 1. The topological polar surface area (TPSA) is 34.4 Å². The summed E-state index contributed by atoms with van der Waals surface area (Å²) in [6.45, 7) is -0.0297. The largest absolute Gasteiger partial charge is 0.302 e. The zero-order chi connectivity index (χ0) is 17.3. The molecule has 24 heavy (non-hydrogen) atoms. The summed E-state index contributed by atoms with van der Waals surface area (Å²) in [5.41, 5.74) is 0.262. The van der Waals surface area contributed by atoms with Crippen LogP contribution in [0.15, 0.2) is 41.4 Å². The molecule has 3 aromatic rings. The second kappa shape index (κ2) is 6.34. The van der Waals surface area contributed by atoms with Crippen LogP contribution in [0.25, 0.3) is 10.2 Å². The van der Waals surface area contributed by atoms with Gasteiger partial charge >= 0.3 is 0 Å². The molecule has 0 spiro atoms. The molecule has 0 aliphatic rings. The van der Waals surface area contributed by atoms with E-state index in [9.17, 15) is 18.0 Å². The Balaban J connectivity index is 2.19. The number of aromatic nitrogens is 1. The molecule has 0 aliphatic heterocycles. The number of nitrogens with zero attached hydrogens (tertiary/aromatic N) is 2. The van der Waals surface area contributed by atoms with Crippen molar-refractivity contribution in [1.82, 2.24) is 4.57 Å². The van der Waals surface area contributed by atoms with Gasteiger partial charge in [-0.2, -0.15) is 4.99 Å². The average Bonchev–Trinajstić information content (AvgIpc) is 2.85. The van der Waals surface area contributed by atoms with Crippen molar-refractivity contribution in [2.75, 3.05) is 0 Å². The highest BCUT2D eigenvalue weighted by Gasteiger charge is 2.14. The normalized spacial score (nSPS) is 11.7. The van der Waals surface area contributed by atoms with E-state index < -0.39 is 23.4 Å². The van der Waals surface area contributed by atoms with Crippen molar-refractivity contribution in [1.29, 1.82) is 0 Å². The summed E-state index contributed by atoms with van der Waals surface area (Å²) in [5, 5.41) is 0. The molecule has 0 saturated heterocycles. The number of rotatable bonds is 2. The lowest BCUT2D eigenvalue weighted by molar-refractivity contribution is 0.0998. The molecule has 0 radical (unpaired) electrons. The van der Waals surface area contributed by atoms with E-state index in [-0.39, 0.29) is 27.1 Å². The summed E-state index contributed by atoms with van der Waals surface area (Å²) >= 11 is 0.944. The van der Waals surface area contributed by atoms with Gasteiger partial charge in [-0.05, 0) is 30.3 Å². The van der Waals surface area contributed by atoms with E-state index in [1.165, 1.54) is 16.7 Å². The van der Waals surface area contributed by atoms with Crippen LogP contribution in [0, 0.1) is 29.8 Å². The SMILES string of the molecule is C#CCn1c(=NC(=O)c2ccc(F)cc2)sc2cc(F)cc(F)c21. The highest BCUT2D eigenvalue weighted by atomic mass is 32.1. The first kappa shape index (κ1) is 16.0. The second-order valence-corrected chi connectivity index (χ2v) is 5.84. The standard InChI is InChI=1S/C17H9F3N2OS/c1-2-7-22-15-13(20)8-12(19)9-14(15)24-17(22)21-16(23)10-3-5-11(18)6-4-10/h1,3-6,8-9H,7H2. The summed E-state index contributed by atoms with van der Waals surface area (Å²) in [7, 11) is 0. The predicted octanol–water partition coefficient (Wildman–Crippen LogP) is 3.49. The molecular weight excluding hydrogens is 337 g/mol. The van der Waals surface area contributed by atoms with Crippen LogP contribution in [0.4, 0.5) is 13.2 Å². The molecule has 0 saturated carbocycles. The van der Waals surface area contributed by atoms with Gasteiger partial charge < -0.3 is 4.57 Å². The highest BCUT2D eigenvalue weighted by Crippen LogP contribution is 2.22. The number of hydrogen-bond acceptors (Lipinski definition) is 2. The van der Waals surface area contributed by atoms with Gasteiger partial charge in [0, 0.05) is 11.6 Å². The molecular formula is C17H9F3N2OS. The van der Waals surface area contributed by atoms with Crippen molar-refractivity contribution >= 4 is 27.5 Å². The van der Waals surface area contributed by atoms with E-state index in [0.717, 1.165) is 35.6 Å². The van der Waals surface area contributed by atoms with Crippen LogP contribution in [0.3, 0.4) is 0 Å². The third-order valence-corrected chi connectivity index (χ3v) is 4.26. The van der Waals surface area contributed by atoms with Crippen molar-refractivity contribution in [3.63, 3.8) is 0 Å². The van der Waals surface area contributed by atoms with E-state index in [2.05, 4.69) is 10.9 Å². The fourth-order valence-corrected chi connectivity index (χ4v) is 3.26. The summed E-state index contributed by atoms with van der Waals surface area (Å²) in [5.74, 6) is -0.272. The molecule has 120 valence electrons. The lowest BCUT2D eigenvalue weighted by Gasteiger charge is -2.01. The Morgan fingerprint density at radius 1 is 1.17 bits per heavy atom. The van der Waals surface area contributed by atoms with Crippen LogP contribution in [0.2, 0.25) is 0 Å². The molecule has 3 rings (SSSR count). The quantitative estimate of drug-likeness (QED) is 0.654. The number of fused-ring (bicyclic) bond motifs is 1. The Bertz CT molecular complexity index is 1040. The third kappa shape index (κ3) is 2.96. The maximum absolute atomic E-state index is 14.1. The molecule has 3 nitrogen and oxygen atoms in total. The number of terminal acetylenes is 1.